The zero-order valence-corrected chi connectivity index (χ0v) is 14.0. The first-order chi connectivity index (χ1) is 10.0. The quantitative estimate of drug-likeness (QED) is 0.707. The number of ether oxygens (including phenoxy) is 1. The van der Waals surface area contributed by atoms with Gasteiger partial charge < -0.3 is 10.1 Å². The maximum Gasteiger partial charge on any atom is 0.234 e. The van der Waals surface area contributed by atoms with Gasteiger partial charge in [0.05, 0.1) is 16.6 Å². The summed E-state index contributed by atoms with van der Waals surface area (Å²) in [5.41, 5.74) is 0.943. The van der Waals surface area contributed by atoms with E-state index < -0.39 is 0 Å². The van der Waals surface area contributed by atoms with Crippen LogP contribution in [0.15, 0.2) is 18.2 Å². The van der Waals surface area contributed by atoms with Crippen LogP contribution in [0.2, 0.25) is 10.0 Å². The summed E-state index contributed by atoms with van der Waals surface area (Å²) in [6.07, 6.45) is 1.58. The minimum absolute atomic E-state index is 0.00747. The Morgan fingerprint density at radius 3 is 2.86 bits per heavy atom. The maximum absolute atomic E-state index is 11.8. The number of carbonyl (C=O) groups is 1. The first-order valence-corrected chi connectivity index (χ1v) is 7.67. The summed E-state index contributed by atoms with van der Waals surface area (Å²) >= 11 is 12.0. The molecule has 0 aliphatic carbocycles. The lowest BCUT2D eigenvalue weighted by Gasteiger charge is -2.16. The zero-order valence-electron chi connectivity index (χ0n) is 12.5. The van der Waals surface area contributed by atoms with Gasteiger partial charge in [-0.2, -0.15) is 0 Å². The lowest BCUT2D eigenvalue weighted by Crippen LogP contribution is -2.36. The summed E-state index contributed by atoms with van der Waals surface area (Å²) in [5.74, 6) is 0.00747. The number of benzene rings is 1. The van der Waals surface area contributed by atoms with Crippen molar-refractivity contribution in [1.29, 1.82) is 0 Å². The van der Waals surface area contributed by atoms with Crippen LogP contribution in [-0.4, -0.2) is 51.2 Å². The summed E-state index contributed by atoms with van der Waals surface area (Å²) in [6, 6.07) is 5.52. The molecule has 0 heterocycles. The van der Waals surface area contributed by atoms with Crippen LogP contribution in [0.1, 0.15) is 12.0 Å². The molecule has 1 N–H and O–H groups in total. The lowest BCUT2D eigenvalue weighted by atomic mass is 10.1. The van der Waals surface area contributed by atoms with E-state index >= 15 is 0 Å². The molecule has 0 saturated heterocycles. The maximum atomic E-state index is 11.8. The van der Waals surface area contributed by atoms with E-state index in [0.717, 1.165) is 18.5 Å². The summed E-state index contributed by atoms with van der Waals surface area (Å²) in [4.78, 5) is 13.8. The first kappa shape index (κ1) is 18.2. The summed E-state index contributed by atoms with van der Waals surface area (Å²) in [5, 5.41) is 3.99. The van der Waals surface area contributed by atoms with Gasteiger partial charge in [-0.15, -0.1) is 0 Å². The number of nitrogens with zero attached hydrogens (tertiary/aromatic N) is 1. The first-order valence-electron chi connectivity index (χ1n) is 6.91. The number of nitrogens with one attached hydrogen (secondary N) is 1. The zero-order chi connectivity index (χ0) is 15.7. The predicted molar refractivity (Wildman–Crippen MR) is 87.2 cm³/mol. The second-order valence-corrected chi connectivity index (χ2v) is 5.68. The Morgan fingerprint density at radius 2 is 2.14 bits per heavy atom. The van der Waals surface area contributed by atoms with E-state index in [-0.39, 0.29) is 5.91 Å². The second kappa shape index (κ2) is 10.0. The van der Waals surface area contributed by atoms with Gasteiger partial charge in [0.15, 0.2) is 0 Å². The molecule has 0 radical (unpaired) electrons. The molecule has 0 fully saturated rings. The number of methoxy groups -OCH3 is 1. The van der Waals surface area contributed by atoms with E-state index in [0.29, 0.717) is 36.2 Å². The molecule has 0 aliphatic rings. The van der Waals surface area contributed by atoms with Crippen molar-refractivity contribution < 1.29 is 9.53 Å². The van der Waals surface area contributed by atoms with E-state index in [1.165, 1.54) is 0 Å². The van der Waals surface area contributed by atoms with Gasteiger partial charge in [-0.25, -0.2) is 0 Å². The van der Waals surface area contributed by atoms with Crippen molar-refractivity contribution in [2.75, 3.05) is 40.4 Å². The van der Waals surface area contributed by atoms with Crippen LogP contribution in [-0.2, 0) is 16.0 Å². The Kier molecular flexibility index (Phi) is 8.69. The lowest BCUT2D eigenvalue weighted by molar-refractivity contribution is -0.121. The molecular formula is C15H22Cl2N2O2. The highest BCUT2D eigenvalue weighted by Gasteiger charge is 2.07. The van der Waals surface area contributed by atoms with Crippen LogP contribution in [0.4, 0.5) is 0 Å². The normalized spacial score (nSPS) is 10.9. The van der Waals surface area contributed by atoms with Crippen LogP contribution >= 0.6 is 23.2 Å². The van der Waals surface area contributed by atoms with Crippen molar-refractivity contribution in [1.82, 2.24) is 10.2 Å². The molecule has 0 aromatic heterocycles. The molecule has 0 aliphatic heterocycles. The third-order valence-corrected chi connectivity index (χ3v) is 3.91. The molecule has 0 unspecified atom stereocenters. The Morgan fingerprint density at radius 1 is 1.38 bits per heavy atom. The standard InChI is InChI=1S/C15H22Cl2N2O2/c1-19(9-4-10-21-2)11-14(20)18-8-7-12-5-3-6-13(16)15(12)17/h3,5-6H,4,7-11H2,1-2H3,(H,18,20). The average molecular weight is 333 g/mol. The summed E-state index contributed by atoms with van der Waals surface area (Å²) < 4.78 is 4.98. The van der Waals surface area contributed by atoms with Crippen LogP contribution in [0.3, 0.4) is 0 Å². The molecule has 1 amide bonds. The van der Waals surface area contributed by atoms with Crippen LogP contribution < -0.4 is 5.32 Å². The highest BCUT2D eigenvalue weighted by molar-refractivity contribution is 6.42. The average Bonchev–Trinajstić information content (AvgIpc) is 2.43. The van der Waals surface area contributed by atoms with E-state index in [1.54, 1.807) is 13.2 Å². The minimum Gasteiger partial charge on any atom is -0.385 e. The molecular weight excluding hydrogens is 311 g/mol. The largest absolute Gasteiger partial charge is 0.385 e. The van der Waals surface area contributed by atoms with Gasteiger partial charge in [0.2, 0.25) is 5.91 Å². The van der Waals surface area contributed by atoms with Crippen LogP contribution in [0.5, 0.6) is 0 Å². The number of amides is 1. The van der Waals surface area contributed by atoms with Crippen molar-refractivity contribution >= 4 is 29.1 Å². The number of halogens is 2. The molecule has 21 heavy (non-hydrogen) atoms. The fourth-order valence-corrected chi connectivity index (χ4v) is 2.35. The number of hydrogen-bond acceptors (Lipinski definition) is 3. The van der Waals surface area contributed by atoms with Crippen molar-refractivity contribution in [3.8, 4) is 0 Å². The molecule has 4 nitrogen and oxygen atoms in total. The monoisotopic (exact) mass is 332 g/mol. The van der Waals surface area contributed by atoms with Gasteiger partial charge >= 0.3 is 0 Å². The van der Waals surface area contributed by atoms with Crippen molar-refractivity contribution in [2.45, 2.75) is 12.8 Å². The number of hydrogen-bond donors (Lipinski definition) is 1. The number of likely N-dealkylation sites (N-methyl/N-ethyl adjacent to an activating group) is 1. The Bertz CT molecular complexity index is 455. The van der Waals surface area contributed by atoms with Crippen LogP contribution in [0.25, 0.3) is 0 Å². The third-order valence-electron chi connectivity index (χ3n) is 3.05. The molecule has 6 heteroatoms. The molecule has 0 bridgehead atoms. The molecule has 1 aromatic rings. The van der Waals surface area contributed by atoms with Gasteiger partial charge in [-0.1, -0.05) is 35.3 Å². The second-order valence-electron chi connectivity index (χ2n) is 4.90. The van der Waals surface area contributed by atoms with E-state index in [9.17, 15) is 4.79 Å². The number of carbonyl (C=O) groups excluding carboxylic acids is 1. The molecule has 0 spiro atoms. The van der Waals surface area contributed by atoms with E-state index in [1.807, 2.05) is 24.1 Å². The molecule has 0 saturated carbocycles. The number of rotatable bonds is 9. The van der Waals surface area contributed by atoms with E-state index in [4.69, 9.17) is 27.9 Å². The van der Waals surface area contributed by atoms with Crippen LogP contribution in [0, 0.1) is 0 Å². The van der Waals surface area contributed by atoms with Crippen molar-refractivity contribution in [2.24, 2.45) is 0 Å². The molecule has 118 valence electrons. The van der Waals surface area contributed by atoms with Gasteiger partial charge in [-0.3, -0.25) is 9.69 Å². The summed E-state index contributed by atoms with van der Waals surface area (Å²) in [7, 11) is 3.59. The fraction of sp³-hybridized carbons (Fsp3) is 0.533. The van der Waals surface area contributed by atoms with Gasteiger partial charge in [-0.05, 0) is 31.5 Å². The molecule has 1 rings (SSSR count). The minimum atomic E-state index is 0.00747. The SMILES string of the molecule is COCCCN(C)CC(=O)NCCc1cccc(Cl)c1Cl. The predicted octanol–water partition coefficient (Wildman–Crippen LogP) is 2.62. The van der Waals surface area contributed by atoms with Crippen molar-refractivity contribution in [3.63, 3.8) is 0 Å². The Balaban J connectivity index is 2.25. The smallest absolute Gasteiger partial charge is 0.234 e. The van der Waals surface area contributed by atoms with Crippen molar-refractivity contribution in [3.05, 3.63) is 33.8 Å². The molecule has 1 aromatic carbocycles. The van der Waals surface area contributed by atoms with Gasteiger partial charge in [0.1, 0.15) is 0 Å². The van der Waals surface area contributed by atoms with Gasteiger partial charge in [0, 0.05) is 26.8 Å². The van der Waals surface area contributed by atoms with E-state index in [2.05, 4.69) is 5.32 Å². The summed E-state index contributed by atoms with van der Waals surface area (Å²) in [6.45, 7) is 2.47. The highest BCUT2D eigenvalue weighted by atomic mass is 35.5. The third kappa shape index (κ3) is 7.14. The topological polar surface area (TPSA) is 41.6 Å². The van der Waals surface area contributed by atoms with Gasteiger partial charge in [0.25, 0.3) is 0 Å². The molecule has 0 atom stereocenters. The highest BCUT2D eigenvalue weighted by Crippen LogP contribution is 2.25. The Labute approximate surface area is 136 Å². The Hall–Kier alpha value is -0.810. The fourth-order valence-electron chi connectivity index (χ4n) is 1.94.